The van der Waals surface area contributed by atoms with Crippen LogP contribution in [-0.2, 0) is 4.79 Å². The number of nitrogens with one attached hydrogen (secondary N) is 1. The van der Waals surface area contributed by atoms with Crippen molar-refractivity contribution in [2.45, 2.75) is 30.8 Å². The summed E-state index contributed by atoms with van der Waals surface area (Å²) < 4.78 is 29.2. The molecule has 2 saturated heterocycles. The smallest absolute Gasteiger partial charge is 0.242 e. The van der Waals surface area contributed by atoms with Gasteiger partial charge >= 0.3 is 0 Å². The van der Waals surface area contributed by atoms with Gasteiger partial charge in [-0.2, -0.15) is 0 Å². The largest absolute Gasteiger partial charge is 0.344 e. The highest BCUT2D eigenvalue weighted by atomic mass is 19.1. The minimum absolute atomic E-state index is 0.0840. The summed E-state index contributed by atoms with van der Waals surface area (Å²) in [5, 5.41) is 3.37. The molecule has 2 aliphatic rings. The molecule has 0 radical (unpaired) electrons. The molecule has 2 fully saturated rings. The van der Waals surface area contributed by atoms with Crippen LogP contribution in [0, 0.1) is 11.6 Å². The van der Waals surface area contributed by atoms with Gasteiger partial charge in [0.05, 0.1) is 0 Å². The Balaban J connectivity index is 1.68. The maximum atomic E-state index is 15.1. The maximum Gasteiger partial charge on any atom is 0.242 e. The third-order valence-corrected chi connectivity index (χ3v) is 5.51. The molecule has 5 heteroatoms. The number of halogens is 2. The zero-order valence-electron chi connectivity index (χ0n) is 14.1. The van der Waals surface area contributed by atoms with Crippen LogP contribution in [0.2, 0.25) is 0 Å². The van der Waals surface area contributed by atoms with E-state index in [1.807, 2.05) is 0 Å². The first-order chi connectivity index (χ1) is 12.0. The lowest BCUT2D eigenvalue weighted by Gasteiger charge is -2.24. The van der Waals surface area contributed by atoms with Crippen molar-refractivity contribution in [3.63, 3.8) is 0 Å². The van der Waals surface area contributed by atoms with Gasteiger partial charge in [0, 0.05) is 36.3 Å². The lowest BCUT2D eigenvalue weighted by Crippen LogP contribution is -2.47. The molecule has 1 N–H and O–H groups in total. The molecule has 4 rings (SSSR count). The molecule has 130 valence electrons. The highest BCUT2D eigenvalue weighted by Crippen LogP contribution is 2.41. The molecule has 1 amide bonds. The van der Waals surface area contributed by atoms with Gasteiger partial charge in [-0.3, -0.25) is 10.1 Å². The summed E-state index contributed by atoms with van der Waals surface area (Å²) in [6.45, 7) is 0.719. The molecule has 25 heavy (non-hydrogen) atoms. The molecule has 2 aliphatic heterocycles. The Morgan fingerprint density at radius 3 is 2.56 bits per heavy atom. The topological polar surface area (TPSA) is 32.3 Å². The highest BCUT2D eigenvalue weighted by molar-refractivity contribution is 5.88. The van der Waals surface area contributed by atoms with Crippen LogP contribution in [0.4, 0.5) is 8.78 Å². The molecule has 1 spiro atoms. The van der Waals surface area contributed by atoms with Crippen molar-refractivity contribution in [2.24, 2.45) is 0 Å². The van der Waals surface area contributed by atoms with E-state index in [-0.39, 0.29) is 23.1 Å². The number of hydrogen-bond donors (Lipinski definition) is 1. The SMILES string of the molecule is CN1CC[C@@]2(CC[C@H](c3cccc(-c4ccccc4F)c3F)N2)C1=O. The van der Waals surface area contributed by atoms with Crippen LogP contribution in [-0.4, -0.2) is 29.9 Å². The van der Waals surface area contributed by atoms with Crippen molar-refractivity contribution >= 4 is 5.91 Å². The monoisotopic (exact) mass is 342 g/mol. The molecular formula is C20H20F2N2O. The van der Waals surface area contributed by atoms with Crippen LogP contribution in [0.15, 0.2) is 42.5 Å². The zero-order chi connectivity index (χ0) is 17.6. The molecular weight excluding hydrogens is 322 g/mol. The molecule has 0 aromatic heterocycles. The van der Waals surface area contributed by atoms with Gasteiger partial charge in [0.15, 0.2) is 0 Å². The van der Waals surface area contributed by atoms with Gasteiger partial charge < -0.3 is 4.90 Å². The number of amides is 1. The van der Waals surface area contributed by atoms with Crippen LogP contribution < -0.4 is 5.32 Å². The van der Waals surface area contributed by atoms with E-state index in [2.05, 4.69) is 5.32 Å². The summed E-state index contributed by atoms with van der Waals surface area (Å²) in [5.74, 6) is -0.774. The molecule has 0 bridgehead atoms. The van der Waals surface area contributed by atoms with Crippen molar-refractivity contribution in [2.75, 3.05) is 13.6 Å². The van der Waals surface area contributed by atoms with Crippen molar-refractivity contribution in [1.29, 1.82) is 0 Å². The third-order valence-electron chi connectivity index (χ3n) is 5.51. The second-order valence-corrected chi connectivity index (χ2v) is 6.98. The Kier molecular flexibility index (Phi) is 3.84. The van der Waals surface area contributed by atoms with E-state index >= 15 is 4.39 Å². The number of likely N-dealkylation sites (N-methyl/N-ethyl adjacent to an activating group) is 1. The van der Waals surface area contributed by atoms with E-state index in [4.69, 9.17) is 0 Å². The van der Waals surface area contributed by atoms with Gasteiger partial charge in [-0.25, -0.2) is 8.78 Å². The third kappa shape index (κ3) is 2.54. The standard InChI is InChI=1S/C20H20F2N2O/c1-24-12-11-20(19(24)25)10-9-17(23-20)15-7-4-6-14(18(15)22)13-5-2-3-8-16(13)21/h2-8,17,23H,9-12H2,1H3/t17-,20+/m1/s1. The lowest BCUT2D eigenvalue weighted by molar-refractivity contribution is -0.131. The zero-order valence-corrected chi connectivity index (χ0v) is 14.1. The van der Waals surface area contributed by atoms with Gasteiger partial charge in [0.1, 0.15) is 17.2 Å². The molecule has 2 heterocycles. The second-order valence-electron chi connectivity index (χ2n) is 6.98. The highest BCUT2D eigenvalue weighted by Gasteiger charge is 2.50. The molecule has 3 nitrogen and oxygen atoms in total. The van der Waals surface area contributed by atoms with Gasteiger partial charge in [-0.15, -0.1) is 0 Å². The number of hydrogen-bond acceptors (Lipinski definition) is 2. The predicted molar refractivity (Wildman–Crippen MR) is 91.9 cm³/mol. The molecule has 0 saturated carbocycles. The van der Waals surface area contributed by atoms with Crippen LogP contribution in [0.25, 0.3) is 11.1 Å². The molecule has 2 aromatic rings. The molecule has 2 atom stereocenters. The second kappa shape index (κ2) is 5.92. The van der Waals surface area contributed by atoms with Crippen molar-refractivity contribution in [3.05, 3.63) is 59.7 Å². The Hall–Kier alpha value is -2.27. The van der Waals surface area contributed by atoms with E-state index in [1.165, 1.54) is 6.07 Å². The first kappa shape index (κ1) is 16.2. The predicted octanol–water partition coefficient (Wildman–Crippen LogP) is 3.66. The summed E-state index contributed by atoms with van der Waals surface area (Å²) in [6, 6.07) is 11.0. The fourth-order valence-corrected chi connectivity index (χ4v) is 4.11. The quantitative estimate of drug-likeness (QED) is 0.903. The normalized spacial score (nSPS) is 26.0. The van der Waals surface area contributed by atoms with Crippen LogP contribution in [0.5, 0.6) is 0 Å². The molecule has 0 aliphatic carbocycles. The number of rotatable bonds is 2. The summed E-state index contributed by atoms with van der Waals surface area (Å²) in [7, 11) is 1.80. The average Bonchev–Trinajstić information content (AvgIpc) is 3.16. The van der Waals surface area contributed by atoms with Crippen molar-refractivity contribution in [3.8, 4) is 11.1 Å². The number of carbonyl (C=O) groups is 1. The maximum absolute atomic E-state index is 15.1. The van der Waals surface area contributed by atoms with Gasteiger partial charge in [0.2, 0.25) is 5.91 Å². The fraction of sp³-hybridized carbons (Fsp3) is 0.350. The number of nitrogens with zero attached hydrogens (tertiary/aromatic N) is 1. The number of carbonyl (C=O) groups excluding carboxylic acids is 1. The van der Waals surface area contributed by atoms with Crippen LogP contribution in [0.1, 0.15) is 30.9 Å². The van der Waals surface area contributed by atoms with Crippen LogP contribution >= 0.6 is 0 Å². The molecule has 0 unspecified atom stereocenters. The molecule has 2 aromatic carbocycles. The average molecular weight is 342 g/mol. The van der Waals surface area contributed by atoms with E-state index in [0.29, 0.717) is 18.4 Å². The van der Waals surface area contributed by atoms with E-state index in [9.17, 15) is 9.18 Å². The Morgan fingerprint density at radius 2 is 1.84 bits per heavy atom. The summed E-state index contributed by atoms with van der Waals surface area (Å²) in [6.07, 6.45) is 2.13. The minimum Gasteiger partial charge on any atom is -0.344 e. The Morgan fingerprint density at radius 1 is 1.08 bits per heavy atom. The number of likely N-dealkylation sites (tertiary alicyclic amines) is 1. The van der Waals surface area contributed by atoms with Gasteiger partial charge in [-0.05, 0) is 25.3 Å². The van der Waals surface area contributed by atoms with E-state index in [1.54, 1.807) is 48.3 Å². The summed E-state index contributed by atoms with van der Waals surface area (Å²) in [5.41, 5.74) is 0.444. The summed E-state index contributed by atoms with van der Waals surface area (Å²) in [4.78, 5) is 14.2. The first-order valence-corrected chi connectivity index (χ1v) is 8.58. The van der Waals surface area contributed by atoms with Crippen LogP contribution in [0.3, 0.4) is 0 Å². The Labute approximate surface area is 145 Å². The summed E-state index contributed by atoms with van der Waals surface area (Å²) >= 11 is 0. The lowest BCUT2D eigenvalue weighted by atomic mass is 9.95. The van der Waals surface area contributed by atoms with E-state index < -0.39 is 17.2 Å². The minimum atomic E-state index is -0.570. The van der Waals surface area contributed by atoms with Gasteiger partial charge in [0.25, 0.3) is 0 Å². The van der Waals surface area contributed by atoms with Gasteiger partial charge in [-0.1, -0.05) is 36.4 Å². The Bertz CT molecular complexity index is 838. The van der Waals surface area contributed by atoms with Crippen molar-refractivity contribution < 1.29 is 13.6 Å². The fourth-order valence-electron chi connectivity index (χ4n) is 4.11. The first-order valence-electron chi connectivity index (χ1n) is 8.58. The number of benzene rings is 2. The van der Waals surface area contributed by atoms with Crippen molar-refractivity contribution in [1.82, 2.24) is 10.2 Å². The van der Waals surface area contributed by atoms with E-state index in [0.717, 1.165) is 13.0 Å².